The van der Waals surface area contributed by atoms with E-state index in [1.807, 2.05) is 128 Å². The van der Waals surface area contributed by atoms with Gasteiger partial charge in [-0.3, -0.25) is 20.1 Å². The molecule has 0 radical (unpaired) electrons. The Bertz CT molecular complexity index is 1550. The van der Waals surface area contributed by atoms with Crippen LogP contribution in [0.25, 0.3) is 11.3 Å². The number of ether oxygens (including phenoxy) is 3. The Morgan fingerprint density at radius 1 is 0.939 bits per heavy atom. The van der Waals surface area contributed by atoms with Crippen molar-refractivity contribution in [3.63, 3.8) is 0 Å². The molecule has 1 aromatic heterocycles. The highest BCUT2D eigenvalue weighted by Gasteiger charge is 2.51. The maximum atomic E-state index is 13.8. The maximum absolute atomic E-state index is 13.8. The van der Waals surface area contributed by atoms with Crippen molar-refractivity contribution in [1.82, 2.24) is 25.6 Å². The number of aromatic nitrogens is 1. The van der Waals surface area contributed by atoms with E-state index in [2.05, 4.69) is 15.7 Å². The molecule has 1 aliphatic heterocycles. The molecule has 11 heteroatoms. The average Bonchev–Trinajstić information content (AvgIpc) is 3.27. The van der Waals surface area contributed by atoms with Crippen LogP contribution in [0, 0.1) is 5.41 Å². The molecule has 3 aromatic rings. The number of rotatable bonds is 10. The summed E-state index contributed by atoms with van der Waals surface area (Å²) in [6.07, 6.45) is 0.511. The Hall–Kier alpha value is -4.48. The second-order valence-electron chi connectivity index (χ2n) is 14.9. The van der Waals surface area contributed by atoms with Gasteiger partial charge in [0.2, 0.25) is 0 Å². The zero-order chi connectivity index (χ0) is 36.0. The fourth-order valence-electron chi connectivity index (χ4n) is 5.95. The van der Waals surface area contributed by atoms with Gasteiger partial charge in [-0.25, -0.2) is 14.6 Å². The largest absolute Gasteiger partial charge is 0.453 e. The van der Waals surface area contributed by atoms with E-state index in [4.69, 9.17) is 14.2 Å². The predicted octanol–water partition coefficient (Wildman–Crippen LogP) is 6.34. The summed E-state index contributed by atoms with van der Waals surface area (Å²) < 4.78 is 17.4. The number of alkyl carbamates (subject to hydrolysis) is 1. The summed E-state index contributed by atoms with van der Waals surface area (Å²) in [4.78, 5) is 46.0. The first kappa shape index (κ1) is 37.3. The van der Waals surface area contributed by atoms with Crippen LogP contribution >= 0.6 is 0 Å². The van der Waals surface area contributed by atoms with Gasteiger partial charge in [-0.05, 0) is 69.7 Å². The lowest BCUT2D eigenvalue weighted by molar-refractivity contribution is -0.132. The first-order valence-electron chi connectivity index (χ1n) is 16.6. The Balaban J connectivity index is 1.68. The summed E-state index contributed by atoms with van der Waals surface area (Å²) >= 11 is 0. The molecule has 0 aliphatic carbocycles. The van der Waals surface area contributed by atoms with Crippen molar-refractivity contribution in [2.24, 2.45) is 5.41 Å². The molecule has 3 atom stereocenters. The molecule has 49 heavy (non-hydrogen) atoms. The number of carbonyl (C=O) groups is 3. The zero-order valence-corrected chi connectivity index (χ0v) is 30.2. The van der Waals surface area contributed by atoms with E-state index in [0.717, 1.165) is 22.4 Å². The topological polar surface area (TPSA) is 122 Å². The first-order valence-corrected chi connectivity index (χ1v) is 16.6. The Labute approximate surface area is 290 Å². The molecule has 11 nitrogen and oxygen atoms in total. The van der Waals surface area contributed by atoms with Crippen molar-refractivity contribution < 1.29 is 28.6 Å². The number of pyridine rings is 1. The molecule has 1 fully saturated rings. The number of hydrogen-bond acceptors (Lipinski definition) is 8. The number of carbonyl (C=O) groups excluding carboxylic acids is 3. The van der Waals surface area contributed by atoms with E-state index in [-0.39, 0.29) is 6.54 Å². The lowest BCUT2D eigenvalue weighted by Crippen LogP contribution is -2.58. The smallest absolute Gasteiger partial charge is 0.412 e. The van der Waals surface area contributed by atoms with E-state index in [1.165, 1.54) is 7.11 Å². The predicted molar refractivity (Wildman–Crippen MR) is 188 cm³/mol. The van der Waals surface area contributed by atoms with Gasteiger partial charge in [0.05, 0.1) is 24.9 Å². The highest BCUT2D eigenvalue weighted by molar-refractivity contribution is 5.86. The molecule has 0 spiro atoms. The SMILES string of the molecule is COC(=O)N[C@H](C(=O)NN(Cc1ccccc1)C[C@@H]1OC(C)(C)N(C(=O)OC(C)(C)C)[C@@H]1Cc1ccc(-c2ccccn2)cc1)C(C)(C)C. The lowest BCUT2D eigenvalue weighted by Gasteiger charge is -2.35. The number of amides is 3. The summed E-state index contributed by atoms with van der Waals surface area (Å²) in [5.41, 5.74) is 4.50. The molecule has 264 valence electrons. The van der Waals surface area contributed by atoms with Crippen LogP contribution in [0.4, 0.5) is 9.59 Å². The van der Waals surface area contributed by atoms with Crippen molar-refractivity contribution in [2.75, 3.05) is 13.7 Å². The van der Waals surface area contributed by atoms with Crippen LogP contribution in [-0.2, 0) is 32.0 Å². The summed E-state index contributed by atoms with van der Waals surface area (Å²) in [6, 6.07) is 22.3. The number of methoxy groups -OCH3 is 1. The fraction of sp³-hybridized carbons (Fsp3) is 0.474. The molecular weight excluding hydrogens is 622 g/mol. The number of benzene rings is 2. The number of nitrogens with zero attached hydrogens (tertiary/aromatic N) is 3. The first-order chi connectivity index (χ1) is 23.0. The Kier molecular flexibility index (Phi) is 11.7. The molecule has 1 aliphatic rings. The summed E-state index contributed by atoms with van der Waals surface area (Å²) in [6.45, 7) is 15.4. The molecule has 2 heterocycles. The molecule has 0 bridgehead atoms. The van der Waals surface area contributed by atoms with Crippen LogP contribution in [-0.4, -0.2) is 76.2 Å². The molecule has 3 amide bonds. The lowest BCUT2D eigenvalue weighted by atomic mass is 9.86. The van der Waals surface area contributed by atoms with E-state index in [0.29, 0.717) is 13.0 Å². The minimum absolute atomic E-state index is 0.231. The number of nitrogens with one attached hydrogen (secondary N) is 2. The van der Waals surface area contributed by atoms with Gasteiger partial charge in [0, 0.05) is 24.8 Å². The van der Waals surface area contributed by atoms with E-state index in [9.17, 15) is 14.4 Å². The van der Waals surface area contributed by atoms with Crippen molar-refractivity contribution in [2.45, 2.75) is 97.9 Å². The highest BCUT2D eigenvalue weighted by atomic mass is 16.6. The molecule has 4 rings (SSSR count). The summed E-state index contributed by atoms with van der Waals surface area (Å²) in [5, 5.41) is 4.46. The van der Waals surface area contributed by atoms with Crippen LogP contribution in [0.15, 0.2) is 79.0 Å². The van der Waals surface area contributed by atoms with Gasteiger partial charge in [-0.15, -0.1) is 0 Å². The van der Waals surface area contributed by atoms with Crippen LogP contribution in [0.2, 0.25) is 0 Å². The van der Waals surface area contributed by atoms with Crippen molar-refractivity contribution in [3.8, 4) is 11.3 Å². The van der Waals surface area contributed by atoms with Gasteiger partial charge >= 0.3 is 12.2 Å². The molecule has 1 saturated heterocycles. The molecule has 0 saturated carbocycles. The normalized spacial score (nSPS) is 18.1. The molecule has 0 unspecified atom stereocenters. The third-order valence-corrected chi connectivity index (χ3v) is 8.19. The minimum Gasteiger partial charge on any atom is -0.453 e. The number of hydrazine groups is 1. The van der Waals surface area contributed by atoms with Crippen LogP contribution in [0.3, 0.4) is 0 Å². The highest BCUT2D eigenvalue weighted by Crippen LogP contribution is 2.36. The van der Waals surface area contributed by atoms with Gasteiger partial charge in [-0.2, -0.15) is 0 Å². The quantitative estimate of drug-likeness (QED) is 0.239. The van der Waals surface area contributed by atoms with Gasteiger partial charge in [0.25, 0.3) is 5.91 Å². The summed E-state index contributed by atoms with van der Waals surface area (Å²) in [5.74, 6) is -0.406. The molecule has 2 N–H and O–H groups in total. The second kappa shape index (κ2) is 15.4. The van der Waals surface area contributed by atoms with E-state index in [1.54, 1.807) is 16.1 Å². The second-order valence-corrected chi connectivity index (χ2v) is 14.9. The van der Waals surface area contributed by atoms with Crippen LogP contribution in [0.5, 0.6) is 0 Å². The van der Waals surface area contributed by atoms with Crippen LogP contribution < -0.4 is 10.7 Å². The summed E-state index contributed by atoms with van der Waals surface area (Å²) in [7, 11) is 1.26. The number of hydrogen-bond donors (Lipinski definition) is 2. The standard InChI is InChI=1S/C38H51N5O6/c1-36(2,3)32(40-34(45)47-9)33(44)41-42(24-27-15-11-10-12-16-27)25-31-30(43(38(7,8)48-31)35(46)49-37(4,5)6)23-26-18-20-28(21-19-26)29-17-13-14-22-39-29/h10-22,30-32H,23-25H2,1-9H3,(H,40,45)(H,41,44)/t30-,31+,32-/m1/s1. The van der Waals surface area contributed by atoms with E-state index < -0.39 is 53.0 Å². The minimum atomic E-state index is -1.02. The maximum Gasteiger partial charge on any atom is 0.412 e. The average molecular weight is 674 g/mol. The molecular formula is C38H51N5O6. The van der Waals surface area contributed by atoms with E-state index >= 15 is 0 Å². The van der Waals surface area contributed by atoms with Crippen molar-refractivity contribution >= 4 is 18.1 Å². The van der Waals surface area contributed by atoms with Crippen LogP contribution in [0.1, 0.15) is 66.5 Å². The van der Waals surface area contributed by atoms with Gasteiger partial charge in [0.15, 0.2) is 0 Å². The third kappa shape index (κ3) is 10.3. The van der Waals surface area contributed by atoms with Gasteiger partial charge < -0.3 is 19.5 Å². The Morgan fingerprint density at radius 2 is 1.59 bits per heavy atom. The monoisotopic (exact) mass is 673 g/mol. The van der Waals surface area contributed by atoms with Gasteiger partial charge in [-0.1, -0.05) is 81.4 Å². The Morgan fingerprint density at radius 3 is 2.16 bits per heavy atom. The zero-order valence-electron chi connectivity index (χ0n) is 30.2. The molecule has 2 aromatic carbocycles. The third-order valence-electron chi connectivity index (χ3n) is 8.19. The van der Waals surface area contributed by atoms with Crippen molar-refractivity contribution in [1.29, 1.82) is 0 Å². The van der Waals surface area contributed by atoms with Crippen molar-refractivity contribution in [3.05, 3.63) is 90.1 Å². The fourth-order valence-corrected chi connectivity index (χ4v) is 5.95. The van der Waals surface area contributed by atoms with Gasteiger partial charge in [0.1, 0.15) is 17.4 Å².